The number of carbonyl (C=O) groups is 1. The highest BCUT2D eigenvalue weighted by molar-refractivity contribution is 7.86. The zero-order chi connectivity index (χ0) is 20.3. The van der Waals surface area contributed by atoms with Crippen LogP contribution in [0.15, 0.2) is 24.3 Å². The number of ether oxygens (including phenoxy) is 1. The lowest BCUT2D eigenvalue weighted by atomic mass is 10.1. The average molecular weight is 430 g/mol. The fourth-order valence-corrected chi connectivity index (χ4v) is 5.73. The van der Waals surface area contributed by atoms with Crippen LogP contribution in [0.25, 0.3) is 0 Å². The van der Waals surface area contributed by atoms with E-state index in [1.54, 1.807) is 4.90 Å². The minimum atomic E-state index is -3.53. The van der Waals surface area contributed by atoms with Gasteiger partial charge in [-0.2, -0.15) is 17.0 Å². The maximum atomic E-state index is 12.9. The predicted octanol–water partition coefficient (Wildman–Crippen LogP) is 1.77. The smallest absolute Gasteiger partial charge is 0.282 e. The Hall–Kier alpha value is -1.19. The van der Waals surface area contributed by atoms with Crippen molar-refractivity contribution < 1.29 is 17.9 Å². The Morgan fingerprint density at radius 2 is 1.68 bits per heavy atom. The molecule has 7 nitrogen and oxygen atoms in total. The van der Waals surface area contributed by atoms with E-state index >= 15 is 0 Å². The standard InChI is InChI=1S/C19H28ClN3O4S/c1-15-13-23(14-16(2)27-15)28(25,26)22-11-9-21(10-12-22)19(24)8-7-17-5-3-4-6-18(17)20/h3-6,15-16H,7-14H2,1-2H3/t15-,16-/m1/s1. The minimum absolute atomic E-state index is 0.0329. The number of nitrogens with zero attached hydrogens (tertiary/aromatic N) is 3. The number of morpholine rings is 1. The largest absolute Gasteiger partial charge is 0.373 e. The number of rotatable bonds is 5. The minimum Gasteiger partial charge on any atom is -0.373 e. The number of hydrogen-bond donors (Lipinski definition) is 0. The first-order valence-corrected chi connectivity index (χ1v) is 11.5. The molecule has 2 fully saturated rings. The van der Waals surface area contributed by atoms with Gasteiger partial charge in [0, 0.05) is 50.7 Å². The summed E-state index contributed by atoms with van der Waals surface area (Å²) in [6.07, 6.45) is 0.715. The molecule has 2 aliphatic heterocycles. The van der Waals surface area contributed by atoms with Crippen molar-refractivity contribution in [3.05, 3.63) is 34.9 Å². The van der Waals surface area contributed by atoms with E-state index in [-0.39, 0.29) is 18.1 Å². The zero-order valence-electron chi connectivity index (χ0n) is 16.4. The number of aryl methyl sites for hydroxylation is 1. The summed E-state index contributed by atoms with van der Waals surface area (Å²) in [6.45, 7) is 5.96. The van der Waals surface area contributed by atoms with Gasteiger partial charge < -0.3 is 9.64 Å². The highest BCUT2D eigenvalue weighted by Crippen LogP contribution is 2.20. The molecule has 1 aromatic rings. The van der Waals surface area contributed by atoms with Crippen LogP contribution in [0.3, 0.4) is 0 Å². The fourth-order valence-electron chi connectivity index (χ4n) is 3.75. The fraction of sp³-hybridized carbons (Fsp3) is 0.632. The molecule has 3 rings (SSSR count). The molecule has 0 unspecified atom stereocenters. The predicted molar refractivity (Wildman–Crippen MR) is 108 cm³/mol. The molecule has 156 valence electrons. The molecule has 2 heterocycles. The molecule has 9 heteroatoms. The van der Waals surface area contributed by atoms with Gasteiger partial charge in [-0.05, 0) is 31.9 Å². The van der Waals surface area contributed by atoms with Crippen LogP contribution in [0.2, 0.25) is 5.02 Å². The first-order valence-electron chi connectivity index (χ1n) is 9.69. The third kappa shape index (κ3) is 5.04. The van der Waals surface area contributed by atoms with Crippen molar-refractivity contribution in [1.29, 1.82) is 0 Å². The van der Waals surface area contributed by atoms with E-state index in [4.69, 9.17) is 16.3 Å². The summed E-state index contributed by atoms with van der Waals surface area (Å²) < 4.78 is 34.5. The lowest BCUT2D eigenvalue weighted by Crippen LogP contribution is -2.57. The SMILES string of the molecule is C[C@@H]1CN(S(=O)(=O)N2CCN(C(=O)CCc3ccccc3Cl)CC2)C[C@@H](C)O1. The Balaban J connectivity index is 1.52. The topological polar surface area (TPSA) is 70.2 Å². The van der Waals surface area contributed by atoms with Gasteiger partial charge in [0.2, 0.25) is 5.91 Å². The Labute approximate surface area is 172 Å². The van der Waals surface area contributed by atoms with Gasteiger partial charge in [-0.3, -0.25) is 4.79 Å². The number of amides is 1. The monoisotopic (exact) mass is 429 g/mol. The first kappa shape index (κ1) is 21.5. The zero-order valence-corrected chi connectivity index (χ0v) is 18.0. The molecule has 0 spiro atoms. The van der Waals surface area contributed by atoms with Crippen LogP contribution in [-0.4, -0.2) is 79.3 Å². The van der Waals surface area contributed by atoms with Crippen molar-refractivity contribution in [2.45, 2.75) is 38.9 Å². The van der Waals surface area contributed by atoms with Gasteiger partial charge >= 0.3 is 0 Å². The molecule has 0 bridgehead atoms. The molecule has 2 aliphatic rings. The van der Waals surface area contributed by atoms with E-state index in [1.807, 2.05) is 38.1 Å². The van der Waals surface area contributed by atoms with Crippen LogP contribution < -0.4 is 0 Å². The number of hydrogen-bond acceptors (Lipinski definition) is 4. The van der Waals surface area contributed by atoms with Gasteiger partial charge in [-0.1, -0.05) is 29.8 Å². The number of carbonyl (C=O) groups excluding carboxylic acids is 1. The Kier molecular flexibility index (Phi) is 6.98. The molecule has 0 saturated carbocycles. The van der Waals surface area contributed by atoms with Crippen LogP contribution in [-0.2, 0) is 26.2 Å². The van der Waals surface area contributed by atoms with Crippen LogP contribution in [0.1, 0.15) is 25.8 Å². The van der Waals surface area contributed by atoms with Gasteiger partial charge in [0.05, 0.1) is 12.2 Å². The van der Waals surface area contributed by atoms with E-state index < -0.39 is 10.2 Å². The van der Waals surface area contributed by atoms with Crippen LogP contribution in [0.4, 0.5) is 0 Å². The normalized spacial score (nSPS) is 25.0. The number of piperazine rings is 1. The van der Waals surface area contributed by atoms with Crippen LogP contribution in [0.5, 0.6) is 0 Å². The van der Waals surface area contributed by atoms with E-state index in [2.05, 4.69) is 0 Å². The summed E-state index contributed by atoms with van der Waals surface area (Å²) in [5, 5.41) is 0.667. The quantitative estimate of drug-likeness (QED) is 0.715. The maximum Gasteiger partial charge on any atom is 0.282 e. The average Bonchev–Trinajstić information content (AvgIpc) is 2.66. The van der Waals surface area contributed by atoms with E-state index in [1.165, 1.54) is 8.61 Å². The number of halogens is 1. The molecule has 0 radical (unpaired) electrons. The van der Waals surface area contributed by atoms with Gasteiger partial charge in [0.15, 0.2) is 0 Å². The van der Waals surface area contributed by atoms with E-state index in [9.17, 15) is 13.2 Å². The second-order valence-corrected chi connectivity index (χ2v) is 9.79. The Morgan fingerprint density at radius 1 is 1.07 bits per heavy atom. The molecule has 1 amide bonds. The third-order valence-corrected chi connectivity index (χ3v) is 7.53. The molecule has 2 saturated heterocycles. The molecule has 0 aliphatic carbocycles. The lowest BCUT2D eigenvalue weighted by Gasteiger charge is -2.40. The van der Waals surface area contributed by atoms with Crippen molar-refractivity contribution in [1.82, 2.24) is 13.5 Å². The second kappa shape index (κ2) is 9.09. The highest BCUT2D eigenvalue weighted by Gasteiger charge is 2.37. The summed E-state index contributed by atoms with van der Waals surface area (Å²) in [5.74, 6) is 0.0329. The summed E-state index contributed by atoms with van der Waals surface area (Å²) >= 11 is 6.15. The Bertz CT molecular complexity index is 786. The van der Waals surface area contributed by atoms with Crippen molar-refractivity contribution in [3.63, 3.8) is 0 Å². The van der Waals surface area contributed by atoms with Gasteiger partial charge in [-0.25, -0.2) is 0 Å². The van der Waals surface area contributed by atoms with Crippen molar-refractivity contribution >= 4 is 27.7 Å². The summed E-state index contributed by atoms with van der Waals surface area (Å²) in [4.78, 5) is 14.3. The molecular formula is C19H28ClN3O4S. The van der Waals surface area contributed by atoms with Crippen LogP contribution in [0, 0.1) is 0 Å². The highest BCUT2D eigenvalue weighted by atomic mass is 35.5. The molecule has 28 heavy (non-hydrogen) atoms. The molecule has 2 atom stereocenters. The second-order valence-electron chi connectivity index (χ2n) is 7.45. The third-order valence-electron chi connectivity index (χ3n) is 5.20. The van der Waals surface area contributed by atoms with Gasteiger partial charge in [0.25, 0.3) is 10.2 Å². The molecule has 0 aromatic heterocycles. The molecule has 1 aromatic carbocycles. The summed E-state index contributed by atoms with van der Waals surface area (Å²) in [7, 11) is -3.53. The van der Waals surface area contributed by atoms with Crippen LogP contribution >= 0.6 is 11.6 Å². The number of benzene rings is 1. The first-order chi connectivity index (χ1) is 13.3. The summed E-state index contributed by atoms with van der Waals surface area (Å²) in [5.41, 5.74) is 0.953. The van der Waals surface area contributed by atoms with Crippen molar-refractivity contribution in [2.24, 2.45) is 0 Å². The maximum absolute atomic E-state index is 12.9. The van der Waals surface area contributed by atoms with Gasteiger partial charge in [-0.15, -0.1) is 0 Å². The molecular weight excluding hydrogens is 402 g/mol. The van der Waals surface area contributed by atoms with E-state index in [0.29, 0.717) is 57.1 Å². The summed E-state index contributed by atoms with van der Waals surface area (Å²) in [6, 6.07) is 7.51. The molecule has 0 N–H and O–H groups in total. The van der Waals surface area contributed by atoms with Gasteiger partial charge in [0.1, 0.15) is 0 Å². The Morgan fingerprint density at radius 3 is 2.29 bits per heavy atom. The lowest BCUT2D eigenvalue weighted by molar-refractivity contribution is -0.132. The van der Waals surface area contributed by atoms with Crippen molar-refractivity contribution in [3.8, 4) is 0 Å². The van der Waals surface area contributed by atoms with E-state index in [0.717, 1.165) is 5.56 Å². The van der Waals surface area contributed by atoms with Crippen molar-refractivity contribution in [2.75, 3.05) is 39.3 Å².